The number of benzene rings is 1. The van der Waals surface area contributed by atoms with Gasteiger partial charge < -0.3 is 9.15 Å². The maximum atomic E-state index is 12.4. The summed E-state index contributed by atoms with van der Waals surface area (Å²) in [6.07, 6.45) is 0.639. The summed E-state index contributed by atoms with van der Waals surface area (Å²) >= 11 is 0. The number of hydrogen-bond donors (Lipinski definition) is 1. The number of nitrogens with zero attached hydrogens (tertiary/aromatic N) is 2. The summed E-state index contributed by atoms with van der Waals surface area (Å²) in [7, 11) is 1.52. The molecule has 0 aliphatic carbocycles. The Morgan fingerprint density at radius 3 is 2.44 bits per heavy atom. The number of ether oxygens (including phenoxy) is 1. The molecule has 0 spiro atoms. The van der Waals surface area contributed by atoms with E-state index in [-0.39, 0.29) is 11.7 Å². The van der Waals surface area contributed by atoms with Gasteiger partial charge in [-0.05, 0) is 56.5 Å². The predicted octanol–water partition coefficient (Wildman–Crippen LogP) is 4.15. The summed E-state index contributed by atoms with van der Waals surface area (Å²) in [6, 6.07) is 9.48. The Bertz CT molecular complexity index is 969. The number of carbonyl (C=O) groups is 1. The van der Waals surface area contributed by atoms with Gasteiger partial charge in [-0.3, -0.25) is 10.1 Å². The monoisotopic (exact) mass is 365 g/mol. The molecule has 3 rings (SSSR count). The first-order valence-corrected chi connectivity index (χ1v) is 8.72. The van der Waals surface area contributed by atoms with Crippen molar-refractivity contribution in [1.29, 1.82) is 0 Å². The molecule has 0 saturated carbocycles. The van der Waals surface area contributed by atoms with Crippen molar-refractivity contribution in [2.75, 3.05) is 12.4 Å². The third kappa shape index (κ3) is 4.34. The fraction of sp³-hybridized carbons (Fsp3) is 0.286. The molecule has 0 fully saturated rings. The Morgan fingerprint density at radius 2 is 1.78 bits per heavy atom. The van der Waals surface area contributed by atoms with Crippen molar-refractivity contribution >= 4 is 11.9 Å². The number of aryl methyl sites for hydroxylation is 4. The number of nitrogens with one attached hydrogen (secondary N) is 1. The molecule has 1 aromatic carbocycles. The molecule has 140 valence electrons. The molecule has 6 heteroatoms. The van der Waals surface area contributed by atoms with E-state index in [1.165, 1.54) is 29.4 Å². The van der Waals surface area contributed by atoms with E-state index in [9.17, 15) is 4.79 Å². The quantitative estimate of drug-likeness (QED) is 0.735. The van der Waals surface area contributed by atoms with Crippen LogP contribution in [0.15, 0.2) is 34.7 Å². The van der Waals surface area contributed by atoms with Crippen LogP contribution in [0.5, 0.6) is 5.88 Å². The van der Waals surface area contributed by atoms with Gasteiger partial charge in [0.25, 0.3) is 5.91 Å². The van der Waals surface area contributed by atoms with Gasteiger partial charge in [0.1, 0.15) is 5.76 Å². The smallest absolute Gasteiger partial charge is 0.293 e. The maximum absolute atomic E-state index is 12.4. The maximum Gasteiger partial charge on any atom is 0.293 e. The van der Waals surface area contributed by atoms with Crippen molar-refractivity contribution in [1.82, 2.24) is 9.97 Å². The normalized spacial score (nSPS) is 10.7. The largest absolute Gasteiger partial charge is 0.481 e. The lowest BCUT2D eigenvalue weighted by atomic mass is 9.97. The van der Waals surface area contributed by atoms with Crippen LogP contribution >= 0.6 is 0 Å². The molecule has 0 bridgehead atoms. The van der Waals surface area contributed by atoms with E-state index in [4.69, 9.17) is 9.15 Å². The first-order valence-electron chi connectivity index (χ1n) is 8.72. The predicted molar refractivity (Wildman–Crippen MR) is 103 cm³/mol. The van der Waals surface area contributed by atoms with E-state index in [1.807, 2.05) is 6.07 Å². The van der Waals surface area contributed by atoms with Crippen molar-refractivity contribution in [2.24, 2.45) is 0 Å². The molecule has 0 aliphatic rings. The number of hydrogen-bond acceptors (Lipinski definition) is 5. The Morgan fingerprint density at radius 1 is 1.07 bits per heavy atom. The van der Waals surface area contributed by atoms with E-state index >= 15 is 0 Å². The van der Waals surface area contributed by atoms with E-state index in [0.29, 0.717) is 18.0 Å². The molecule has 0 unspecified atom stereocenters. The molecule has 27 heavy (non-hydrogen) atoms. The minimum absolute atomic E-state index is 0.181. The number of carbonyl (C=O) groups excluding carboxylic acids is 1. The molecule has 1 N–H and O–H groups in total. The van der Waals surface area contributed by atoms with Crippen molar-refractivity contribution in [3.8, 4) is 5.88 Å². The van der Waals surface area contributed by atoms with Crippen LogP contribution in [0.4, 0.5) is 5.95 Å². The molecule has 1 amide bonds. The Hall–Kier alpha value is -3.15. The summed E-state index contributed by atoms with van der Waals surface area (Å²) in [6.45, 7) is 8.07. The second-order valence-corrected chi connectivity index (χ2v) is 6.65. The van der Waals surface area contributed by atoms with Crippen LogP contribution in [0.1, 0.15) is 44.3 Å². The average Bonchev–Trinajstić information content (AvgIpc) is 3.06. The summed E-state index contributed by atoms with van der Waals surface area (Å²) in [4.78, 5) is 20.7. The lowest BCUT2D eigenvalue weighted by Gasteiger charge is -2.10. The number of furan rings is 1. The lowest BCUT2D eigenvalue weighted by Crippen LogP contribution is -2.14. The molecule has 0 radical (unpaired) electrons. The van der Waals surface area contributed by atoms with Crippen LogP contribution in [0, 0.1) is 27.7 Å². The van der Waals surface area contributed by atoms with Gasteiger partial charge in [-0.25, -0.2) is 4.98 Å². The summed E-state index contributed by atoms with van der Waals surface area (Å²) in [5.41, 5.74) is 5.59. The minimum Gasteiger partial charge on any atom is -0.481 e. The highest BCUT2D eigenvalue weighted by atomic mass is 16.5. The summed E-state index contributed by atoms with van der Waals surface area (Å²) in [5, 5.41) is 2.65. The van der Waals surface area contributed by atoms with Gasteiger partial charge in [-0.2, -0.15) is 4.98 Å². The molecule has 0 saturated heterocycles. The zero-order valence-corrected chi connectivity index (χ0v) is 16.2. The fourth-order valence-corrected chi connectivity index (χ4v) is 3.12. The van der Waals surface area contributed by atoms with Crippen molar-refractivity contribution in [2.45, 2.75) is 34.1 Å². The van der Waals surface area contributed by atoms with E-state index < -0.39 is 5.91 Å². The van der Waals surface area contributed by atoms with Gasteiger partial charge in [0, 0.05) is 18.2 Å². The van der Waals surface area contributed by atoms with Gasteiger partial charge >= 0.3 is 0 Å². The van der Waals surface area contributed by atoms with Crippen LogP contribution in [0.2, 0.25) is 0 Å². The van der Waals surface area contributed by atoms with Crippen LogP contribution in [0.3, 0.4) is 0 Å². The van der Waals surface area contributed by atoms with Gasteiger partial charge in [-0.15, -0.1) is 0 Å². The number of amides is 1. The number of aromatic nitrogens is 2. The number of anilines is 1. The Labute approximate surface area is 158 Å². The summed E-state index contributed by atoms with van der Waals surface area (Å²) < 4.78 is 10.8. The topological polar surface area (TPSA) is 77.2 Å². The van der Waals surface area contributed by atoms with E-state index in [2.05, 4.69) is 48.2 Å². The molecular formula is C21H23N3O3. The fourth-order valence-electron chi connectivity index (χ4n) is 3.12. The average molecular weight is 365 g/mol. The molecule has 3 aromatic rings. The van der Waals surface area contributed by atoms with Gasteiger partial charge in [0.2, 0.25) is 11.8 Å². The molecular weight excluding hydrogens is 342 g/mol. The third-order valence-electron chi connectivity index (χ3n) is 4.34. The minimum atomic E-state index is -0.397. The molecule has 2 aromatic heterocycles. The lowest BCUT2D eigenvalue weighted by molar-refractivity contribution is 0.0994. The number of methoxy groups -OCH3 is 1. The Balaban J connectivity index is 1.76. The third-order valence-corrected chi connectivity index (χ3v) is 4.34. The zero-order chi connectivity index (χ0) is 19.6. The molecule has 0 aliphatic heterocycles. The van der Waals surface area contributed by atoms with E-state index in [0.717, 1.165) is 5.76 Å². The highest BCUT2D eigenvalue weighted by Gasteiger charge is 2.15. The van der Waals surface area contributed by atoms with Crippen LogP contribution in [0.25, 0.3) is 0 Å². The van der Waals surface area contributed by atoms with Gasteiger partial charge in [0.15, 0.2) is 5.76 Å². The van der Waals surface area contributed by atoms with Crippen LogP contribution < -0.4 is 10.1 Å². The van der Waals surface area contributed by atoms with Crippen molar-refractivity contribution < 1.29 is 13.9 Å². The van der Waals surface area contributed by atoms with E-state index in [1.54, 1.807) is 19.1 Å². The van der Waals surface area contributed by atoms with Crippen molar-refractivity contribution in [3.05, 3.63) is 69.8 Å². The van der Waals surface area contributed by atoms with Gasteiger partial charge in [-0.1, -0.05) is 17.7 Å². The highest BCUT2D eigenvalue weighted by Crippen LogP contribution is 2.22. The SMILES string of the molecule is COc1cc(C)nc(NC(=O)c2ccc(Cc3c(C)cc(C)cc3C)o2)n1. The second-order valence-electron chi connectivity index (χ2n) is 6.65. The van der Waals surface area contributed by atoms with Gasteiger partial charge in [0.05, 0.1) is 7.11 Å². The Kier molecular flexibility index (Phi) is 5.26. The number of rotatable bonds is 5. The first-order chi connectivity index (χ1) is 12.9. The molecule has 0 atom stereocenters. The van der Waals surface area contributed by atoms with Crippen LogP contribution in [-0.2, 0) is 6.42 Å². The second kappa shape index (κ2) is 7.61. The summed E-state index contributed by atoms with van der Waals surface area (Å²) in [5.74, 6) is 1.13. The highest BCUT2D eigenvalue weighted by molar-refractivity contribution is 6.01. The standard InChI is InChI=1S/C21H23N3O3/c1-12-8-13(2)17(14(3)9-12)11-16-6-7-18(27-16)20(25)24-21-22-15(4)10-19(23-21)26-5/h6-10H,11H2,1-5H3,(H,22,23,24,25). The van der Waals surface area contributed by atoms with Crippen molar-refractivity contribution in [3.63, 3.8) is 0 Å². The zero-order valence-electron chi connectivity index (χ0n) is 16.2. The molecule has 2 heterocycles. The molecule has 6 nitrogen and oxygen atoms in total. The van der Waals surface area contributed by atoms with Crippen LogP contribution in [-0.4, -0.2) is 23.0 Å². The first kappa shape index (κ1) is 18.6.